The van der Waals surface area contributed by atoms with E-state index in [0.717, 1.165) is 23.5 Å². The van der Waals surface area contributed by atoms with Gasteiger partial charge in [-0.3, -0.25) is 4.79 Å². The molecule has 0 saturated heterocycles. The van der Waals surface area contributed by atoms with E-state index in [4.69, 9.17) is 9.15 Å². The molecule has 6 nitrogen and oxygen atoms in total. The molecule has 0 atom stereocenters. The maximum Gasteiger partial charge on any atom is 0.290 e. The van der Waals surface area contributed by atoms with Crippen LogP contribution in [0.15, 0.2) is 22.7 Å². The van der Waals surface area contributed by atoms with Crippen molar-refractivity contribution in [1.29, 1.82) is 0 Å². The molecule has 0 saturated carbocycles. The first kappa shape index (κ1) is 15.5. The average molecular weight is 315 g/mol. The number of rotatable bonds is 5. The number of hydrogen-bond donors (Lipinski definition) is 0. The van der Waals surface area contributed by atoms with Crippen LogP contribution in [0.1, 0.15) is 48.4 Å². The molecule has 3 rings (SSSR count). The molecule has 23 heavy (non-hydrogen) atoms. The van der Waals surface area contributed by atoms with Crippen molar-refractivity contribution in [3.05, 3.63) is 41.2 Å². The number of carbonyl (C=O) groups is 1. The number of amides is 1. The van der Waals surface area contributed by atoms with Gasteiger partial charge in [-0.15, -0.1) is 0 Å². The van der Waals surface area contributed by atoms with Crippen molar-refractivity contribution in [3.8, 4) is 5.95 Å². The Bertz CT molecular complexity index is 709. The van der Waals surface area contributed by atoms with Gasteiger partial charge in [0.05, 0.1) is 18.8 Å². The van der Waals surface area contributed by atoms with E-state index >= 15 is 0 Å². The first-order chi connectivity index (χ1) is 11.1. The summed E-state index contributed by atoms with van der Waals surface area (Å²) in [4.78, 5) is 23.2. The van der Waals surface area contributed by atoms with E-state index in [9.17, 15) is 4.79 Å². The molecule has 0 N–H and O–H groups in total. The second-order valence-corrected chi connectivity index (χ2v) is 6.07. The molecule has 1 aliphatic rings. The lowest BCUT2D eigenvalue weighted by Crippen LogP contribution is -2.24. The minimum absolute atomic E-state index is 0.153. The Morgan fingerprint density at radius 1 is 1.39 bits per heavy atom. The predicted molar refractivity (Wildman–Crippen MR) is 84.0 cm³/mol. The number of ether oxygens (including phenoxy) is 1. The van der Waals surface area contributed by atoms with Crippen LogP contribution in [0.5, 0.6) is 5.95 Å². The lowest BCUT2D eigenvalue weighted by atomic mass is 10.1. The summed E-state index contributed by atoms with van der Waals surface area (Å²) in [5.41, 5.74) is 1.93. The number of carbonyl (C=O) groups excluding carboxylic acids is 1. The molecule has 2 aromatic heterocycles. The quantitative estimate of drug-likeness (QED) is 0.848. The number of aromatic nitrogens is 2. The van der Waals surface area contributed by atoms with Crippen LogP contribution in [-0.2, 0) is 19.5 Å². The standard InChI is InChI=1S/C17H21N3O3/c1-4-22-16-6-5-14(23-16)17(21)20-9-12-8-18-15(7-11(2)3)19-13(12)10-20/h5-6,8,11H,4,7,9-10H2,1-3H3. The molecule has 6 heteroatoms. The highest BCUT2D eigenvalue weighted by atomic mass is 16.6. The highest BCUT2D eigenvalue weighted by Gasteiger charge is 2.28. The summed E-state index contributed by atoms with van der Waals surface area (Å²) in [6.07, 6.45) is 2.68. The van der Waals surface area contributed by atoms with Gasteiger partial charge >= 0.3 is 0 Å². The Morgan fingerprint density at radius 3 is 2.96 bits per heavy atom. The van der Waals surface area contributed by atoms with Gasteiger partial charge < -0.3 is 14.1 Å². The first-order valence-electron chi connectivity index (χ1n) is 7.92. The summed E-state index contributed by atoms with van der Waals surface area (Å²) in [5.74, 6) is 1.85. The van der Waals surface area contributed by atoms with Crippen LogP contribution in [-0.4, -0.2) is 27.4 Å². The third-order valence-electron chi connectivity index (χ3n) is 3.66. The zero-order valence-electron chi connectivity index (χ0n) is 13.7. The predicted octanol–water partition coefficient (Wildman–Crippen LogP) is 2.82. The SMILES string of the molecule is CCOc1ccc(C(=O)N2Cc3cnc(CC(C)C)nc3C2)o1. The maximum absolute atomic E-state index is 12.5. The summed E-state index contributed by atoms with van der Waals surface area (Å²) in [7, 11) is 0. The molecular formula is C17H21N3O3. The third kappa shape index (κ3) is 3.36. The van der Waals surface area contributed by atoms with Gasteiger partial charge in [-0.1, -0.05) is 13.8 Å². The zero-order chi connectivity index (χ0) is 16.4. The molecule has 1 aliphatic heterocycles. The molecule has 2 aromatic rings. The van der Waals surface area contributed by atoms with E-state index in [1.165, 1.54) is 0 Å². The zero-order valence-corrected chi connectivity index (χ0v) is 13.7. The van der Waals surface area contributed by atoms with Crippen LogP contribution in [0.25, 0.3) is 0 Å². The highest BCUT2D eigenvalue weighted by molar-refractivity contribution is 5.91. The molecule has 0 radical (unpaired) electrons. The highest BCUT2D eigenvalue weighted by Crippen LogP contribution is 2.25. The smallest absolute Gasteiger partial charge is 0.290 e. The lowest BCUT2D eigenvalue weighted by molar-refractivity contribution is 0.0710. The van der Waals surface area contributed by atoms with Crippen molar-refractivity contribution >= 4 is 5.91 Å². The van der Waals surface area contributed by atoms with Crippen LogP contribution in [0, 0.1) is 5.92 Å². The number of nitrogens with zero attached hydrogens (tertiary/aromatic N) is 3. The van der Waals surface area contributed by atoms with Gasteiger partial charge in [0.2, 0.25) is 0 Å². The van der Waals surface area contributed by atoms with Gasteiger partial charge in [-0.05, 0) is 18.9 Å². The monoisotopic (exact) mass is 315 g/mol. The van der Waals surface area contributed by atoms with Gasteiger partial charge in [0.25, 0.3) is 11.9 Å². The van der Waals surface area contributed by atoms with Crippen LogP contribution >= 0.6 is 0 Å². The minimum atomic E-state index is -0.153. The largest absolute Gasteiger partial charge is 0.465 e. The van der Waals surface area contributed by atoms with Gasteiger partial charge in [-0.25, -0.2) is 9.97 Å². The van der Waals surface area contributed by atoms with Gasteiger partial charge in [0.15, 0.2) is 5.76 Å². The van der Waals surface area contributed by atoms with Crippen LogP contribution in [0.4, 0.5) is 0 Å². The molecule has 0 unspecified atom stereocenters. The molecule has 0 aliphatic carbocycles. The Hall–Kier alpha value is -2.37. The van der Waals surface area contributed by atoms with Crippen LogP contribution < -0.4 is 4.74 Å². The average Bonchev–Trinajstić information content (AvgIpc) is 3.12. The van der Waals surface area contributed by atoms with E-state index < -0.39 is 0 Å². The Labute approximate surface area is 135 Å². The van der Waals surface area contributed by atoms with Crippen molar-refractivity contribution in [1.82, 2.24) is 14.9 Å². The summed E-state index contributed by atoms with van der Waals surface area (Å²) >= 11 is 0. The summed E-state index contributed by atoms with van der Waals surface area (Å²) in [6, 6.07) is 3.31. The lowest BCUT2D eigenvalue weighted by Gasteiger charge is -2.12. The molecule has 1 amide bonds. The summed E-state index contributed by atoms with van der Waals surface area (Å²) in [6.45, 7) is 7.66. The van der Waals surface area contributed by atoms with Gasteiger partial charge in [0.1, 0.15) is 5.82 Å². The first-order valence-corrected chi connectivity index (χ1v) is 7.92. The van der Waals surface area contributed by atoms with Crippen molar-refractivity contribution in [2.75, 3.05) is 6.61 Å². The van der Waals surface area contributed by atoms with Crippen molar-refractivity contribution in [2.24, 2.45) is 5.92 Å². The van der Waals surface area contributed by atoms with Gasteiger partial charge in [-0.2, -0.15) is 0 Å². The summed E-state index contributed by atoms with van der Waals surface area (Å²) in [5, 5.41) is 0. The van der Waals surface area contributed by atoms with E-state index in [1.807, 2.05) is 13.1 Å². The fourth-order valence-electron chi connectivity index (χ4n) is 2.61. The minimum Gasteiger partial charge on any atom is -0.465 e. The Balaban J connectivity index is 1.71. The van der Waals surface area contributed by atoms with E-state index in [-0.39, 0.29) is 11.7 Å². The fourth-order valence-corrected chi connectivity index (χ4v) is 2.61. The van der Waals surface area contributed by atoms with Crippen molar-refractivity contribution in [3.63, 3.8) is 0 Å². The van der Waals surface area contributed by atoms with Crippen LogP contribution in [0.3, 0.4) is 0 Å². The fraction of sp³-hybridized carbons (Fsp3) is 0.471. The Kier molecular flexibility index (Phi) is 4.32. The van der Waals surface area contributed by atoms with Gasteiger partial charge in [0, 0.05) is 30.8 Å². The van der Waals surface area contributed by atoms with Crippen molar-refractivity contribution in [2.45, 2.75) is 40.3 Å². The topological polar surface area (TPSA) is 68.5 Å². The Morgan fingerprint density at radius 2 is 2.22 bits per heavy atom. The molecule has 0 spiro atoms. The second kappa shape index (κ2) is 6.40. The van der Waals surface area contributed by atoms with Crippen molar-refractivity contribution < 1.29 is 13.9 Å². The number of hydrogen-bond acceptors (Lipinski definition) is 5. The second-order valence-electron chi connectivity index (χ2n) is 6.07. The molecule has 122 valence electrons. The molecular weight excluding hydrogens is 294 g/mol. The normalized spacial score (nSPS) is 13.5. The number of fused-ring (bicyclic) bond motifs is 1. The number of furan rings is 1. The molecule has 0 bridgehead atoms. The molecule has 3 heterocycles. The maximum atomic E-state index is 12.5. The summed E-state index contributed by atoms with van der Waals surface area (Å²) < 4.78 is 10.7. The van der Waals surface area contributed by atoms with E-state index in [1.54, 1.807) is 17.0 Å². The van der Waals surface area contributed by atoms with E-state index in [0.29, 0.717) is 31.6 Å². The molecule has 0 fully saturated rings. The van der Waals surface area contributed by atoms with E-state index in [2.05, 4.69) is 23.8 Å². The van der Waals surface area contributed by atoms with Crippen LogP contribution in [0.2, 0.25) is 0 Å². The molecule has 0 aromatic carbocycles. The third-order valence-corrected chi connectivity index (χ3v) is 3.66.